The van der Waals surface area contributed by atoms with Crippen LogP contribution in [0.2, 0.25) is 0 Å². The van der Waals surface area contributed by atoms with Crippen molar-refractivity contribution < 1.29 is 14.0 Å². The first kappa shape index (κ1) is 22.1. The number of hydrogen-bond donors (Lipinski definition) is 0. The number of para-hydroxylation sites is 1. The highest BCUT2D eigenvalue weighted by atomic mass is 16.7. The van der Waals surface area contributed by atoms with Crippen LogP contribution >= 0.6 is 0 Å². The number of ether oxygens (including phenoxy) is 1. The molecule has 0 saturated carbocycles. The summed E-state index contributed by atoms with van der Waals surface area (Å²) in [5.74, 6) is 1.72. The Bertz CT molecular complexity index is 1320. The van der Waals surface area contributed by atoms with Crippen molar-refractivity contribution in [1.29, 1.82) is 0 Å². The fourth-order valence-electron chi connectivity index (χ4n) is 5.35. The molecule has 1 fully saturated rings. The highest BCUT2D eigenvalue weighted by Crippen LogP contribution is 2.55. The minimum Gasteiger partial charge on any atom is -0.457 e. The largest absolute Gasteiger partial charge is 0.494 e. The first-order valence-corrected chi connectivity index (χ1v) is 12.2. The van der Waals surface area contributed by atoms with Gasteiger partial charge in [-0.1, -0.05) is 91.0 Å². The molecule has 4 heteroatoms. The van der Waals surface area contributed by atoms with Gasteiger partial charge >= 0.3 is 7.12 Å². The zero-order chi connectivity index (χ0) is 24.3. The van der Waals surface area contributed by atoms with Crippen molar-refractivity contribution in [2.24, 2.45) is 0 Å². The molecule has 0 amide bonds. The second-order valence-electron chi connectivity index (χ2n) is 10.4. The number of fused-ring (bicyclic) bond motifs is 2. The van der Waals surface area contributed by atoms with Gasteiger partial charge in [-0.25, -0.2) is 0 Å². The summed E-state index contributed by atoms with van der Waals surface area (Å²) in [6, 6.07) is 36.1. The molecule has 4 aromatic carbocycles. The predicted octanol–water partition coefficient (Wildman–Crippen LogP) is 6.47. The van der Waals surface area contributed by atoms with Crippen LogP contribution in [0, 0.1) is 0 Å². The summed E-state index contributed by atoms with van der Waals surface area (Å²) in [5, 5.41) is 0. The van der Waals surface area contributed by atoms with Crippen LogP contribution in [0.5, 0.6) is 11.5 Å². The van der Waals surface area contributed by atoms with Crippen LogP contribution in [0.3, 0.4) is 0 Å². The van der Waals surface area contributed by atoms with Gasteiger partial charge in [-0.05, 0) is 56.4 Å². The molecule has 6 rings (SSSR count). The standard InChI is InChI=1S/C31H29BO3/c1-29(2)30(3,4)35-32(34-29)24-19-20-28-26(21-24)31(22-13-7-5-8-14-22,23-15-9-6-10-16-23)25-17-11-12-18-27(25)33-28/h5-21H,1-4H3. The molecule has 1 saturated heterocycles. The summed E-state index contributed by atoms with van der Waals surface area (Å²) >= 11 is 0. The quantitative estimate of drug-likeness (QED) is 0.289. The molecule has 2 aliphatic rings. The van der Waals surface area contributed by atoms with Crippen LogP contribution in [-0.4, -0.2) is 18.3 Å². The van der Waals surface area contributed by atoms with Gasteiger partial charge in [0.15, 0.2) is 0 Å². The normalized spacial score (nSPS) is 18.9. The van der Waals surface area contributed by atoms with Crippen LogP contribution in [0.4, 0.5) is 0 Å². The zero-order valence-electron chi connectivity index (χ0n) is 20.6. The Hall–Kier alpha value is -3.34. The minimum absolute atomic E-state index is 0.410. The lowest BCUT2D eigenvalue weighted by Crippen LogP contribution is -2.41. The van der Waals surface area contributed by atoms with Crippen LogP contribution in [0.25, 0.3) is 0 Å². The molecule has 35 heavy (non-hydrogen) atoms. The molecule has 0 unspecified atom stereocenters. The third kappa shape index (κ3) is 3.28. The zero-order valence-corrected chi connectivity index (χ0v) is 20.6. The second kappa shape index (κ2) is 7.84. The molecule has 0 spiro atoms. The molecule has 0 bridgehead atoms. The topological polar surface area (TPSA) is 27.7 Å². The van der Waals surface area contributed by atoms with Gasteiger partial charge in [-0.3, -0.25) is 0 Å². The molecule has 174 valence electrons. The van der Waals surface area contributed by atoms with Gasteiger partial charge in [0.25, 0.3) is 0 Å². The van der Waals surface area contributed by atoms with E-state index in [9.17, 15) is 0 Å². The summed E-state index contributed by atoms with van der Waals surface area (Å²) in [6.07, 6.45) is 0. The summed E-state index contributed by atoms with van der Waals surface area (Å²) in [4.78, 5) is 0. The Morgan fingerprint density at radius 1 is 0.543 bits per heavy atom. The third-order valence-electron chi connectivity index (χ3n) is 7.86. The maximum Gasteiger partial charge on any atom is 0.494 e. The molecule has 0 radical (unpaired) electrons. The molecule has 3 nitrogen and oxygen atoms in total. The first-order valence-electron chi connectivity index (χ1n) is 12.2. The fraction of sp³-hybridized carbons (Fsp3) is 0.226. The average molecular weight is 460 g/mol. The van der Waals surface area contributed by atoms with Crippen molar-refractivity contribution in [3.05, 3.63) is 125 Å². The fourth-order valence-corrected chi connectivity index (χ4v) is 5.35. The van der Waals surface area contributed by atoms with Gasteiger partial charge in [0.1, 0.15) is 11.5 Å². The van der Waals surface area contributed by atoms with E-state index >= 15 is 0 Å². The van der Waals surface area contributed by atoms with E-state index in [1.54, 1.807) is 0 Å². The molecular formula is C31H29BO3. The Morgan fingerprint density at radius 3 is 1.66 bits per heavy atom. The molecule has 4 aromatic rings. The van der Waals surface area contributed by atoms with Crippen molar-refractivity contribution >= 4 is 12.6 Å². The molecular weight excluding hydrogens is 431 g/mol. The summed E-state index contributed by atoms with van der Waals surface area (Å²) in [7, 11) is -0.452. The van der Waals surface area contributed by atoms with Gasteiger partial charge in [0, 0.05) is 11.1 Å². The number of rotatable bonds is 3. The lowest BCUT2D eigenvalue weighted by Gasteiger charge is -2.41. The third-order valence-corrected chi connectivity index (χ3v) is 7.86. The summed E-state index contributed by atoms with van der Waals surface area (Å²) in [5.41, 5.74) is 4.20. The molecule has 2 heterocycles. The summed E-state index contributed by atoms with van der Waals surface area (Å²) < 4.78 is 19.3. The van der Waals surface area contributed by atoms with Gasteiger partial charge in [0.05, 0.1) is 16.6 Å². The van der Waals surface area contributed by atoms with Crippen molar-refractivity contribution in [2.75, 3.05) is 0 Å². The van der Waals surface area contributed by atoms with Gasteiger partial charge in [-0.2, -0.15) is 0 Å². The number of hydrogen-bond acceptors (Lipinski definition) is 3. The molecule has 0 N–H and O–H groups in total. The lowest BCUT2D eigenvalue weighted by atomic mass is 9.62. The van der Waals surface area contributed by atoms with E-state index in [-0.39, 0.29) is 0 Å². The van der Waals surface area contributed by atoms with Gasteiger partial charge in [-0.15, -0.1) is 0 Å². The predicted molar refractivity (Wildman–Crippen MR) is 141 cm³/mol. The molecule has 0 aliphatic carbocycles. The smallest absolute Gasteiger partial charge is 0.457 e. The van der Waals surface area contributed by atoms with Crippen LogP contribution in [0.15, 0.2) is 103 Å². The molecule has 2 aliphatic heterocycles. The SMILES string of the molecule is CC1(C)OB(c2ccc3c(c2)C(c2ccccc2)(c2ccccc2)c2ccccc2O3)OC1(C)C. The number of benzene rings is 4. The van der Waals surface area contributed by atoms with E-state index in [1.807, 2.05) is 6.07 Å². The molecule has 0 aromatic heterocycles. The Morgan fingerprint density at radius 2 is 1.06 bits per heavy atom. The van der Waals surface area contributed by atoms with Crippen molar-refractivity contribution in [1.82, 2.24) is 0 Å². The Balaban J connectivity index is 1.64. The maximum atomic E-state index is 6.49. The van der Waals surface area contributed by atoms with E-state index in [2.05, 4.69) is 125 Å². The van der Waals surface area contributed by atoms with E-state index in [0.29, 0.717) is 0 Å². The molecule has 0 atom stereocenters. The monoisotopic (exact) mass is 460 g/mol. The maximum absolute atomic E-state index is 6.49. The van der Waals surface area contributed by atoms with E-state index in [4.69, 9.17) is 14.0 Å². The Kier molecular flexibility index (Phi) is 4.96. The van der Waals surface area contributed by atoms with E-state index in [1.165, 1.54) is 11.1 Å². The highest BCUT2D eigenvalue weighted by Gasteiger charge is 2.52. The van der Waals surface area contributed by atoms with E-state index in [0.717, 1.165) is 28.1 Å². The Labute approximate surface area is 207 Å². The van der Waals surface area contributed by atoms with Gasteiger partial charge < -0.3 is 14.0 Å². The van der Waals surface area contributed by atoms with Gasteiger partial charge in [0.2, 0.25) is 0 Å². The lowest BCUT2D eigenvalue weighted by molar-refractivity contribution is 0.00578. The first-order chi connectivity index (χ1) is 16.8. The van der Waals surface area contributed by atoms with Crippen LogP contribution in [0.1, 0.15) is 49.9 Å². The van der Waals surface area contributed by atoms with Crippen molar-refractivity contribution in [2.45, 2.75) is 44.3 Å². The van der Waals surface area contributed by atoms with Crippen molar-refractivity contribution in [3.8, 4) is 11.5 Å². The average Bonchev–Trinajstić information content (AvgIpc) is 3.10. The summed E-state index contributed by atoms with van der Waals surface area (Å²) in [6.45, 7) is 8.35. The van der Waals surface area contributed by atoms with Crippen LogP contribution in [-0.2, 0) is 14.7 Å². The van der Waals surface area contributed by atoms with Crippen LogP contribution < -0.4 is 10.2 Å². The minimum atomic E-state index is -0.549. The highest BCUT2D eigenvalue weighted by molar-refractivity contribution is 6.62. The second-order valence-corrected chi connectivity index (χ2v) is 10.4. The van der Waals surface area contributed by atoms with E-state index < -0.39 is 23.7 Å². The van der Waals surface area contributed by atoms with Crippen molar-refractivity contribution in [3.63, 3.8) is 0 Å².